The molecule has 0 aliphatic carbocycles. The first-order valence-electron chi connectivity index (χ1n) is 8.45. The Hall–Kier alpha value is -2.31. The Morgan fingerprint density at radius 2 is 2.15 bits per heavy atom. The lowest BCUT2D eigenvalue weighted by molar-refractivity contribution is 0.0952. The van der Waals surface area contributed by atoms with Crippen LogP contribution in [0.5, 0.6) is 5.75 Å². The van der Waals surface area contributed by atoms with E-state index in [1.54, 1.807) is 12.1 Å². The van der Waals surface area contributed by atoms with Gasteiger partial charge >= 0.3 is 0 Å². The first-order valence-corrected chi connectivity index (χ1v) is 8.45. The largest absolute Gasteiger partial charge is 0.488 e. The number of benzene rings is 1. The van der Waals surface area contributed by atoms with Gasteiger partial charge in [0.05, 0.1) is 16.8 Å². The highest BCUT2D eigenvalue weighted by atomic mass is 35.5. The fourth-order valence-corrected chi connectivity index (χ4v) is 2.76. The van der Waals surface area contributed by atoms with Gasteiger partial charge in [-0.3, -0.25) is 4.79 Å². The third-order valence-corrected chi connectivity index (χ3v) is 4.32. The zero-order valence-electron chi connectivity index (χ0n) is 15.0. The Balaban J connectivity index is 0.00000243. The number of aromatic nitrogens is 1. The number of nitrogens with one attached hydrogen (secondary N) is 2. The molecule has 1 amide bonds. The van der Waals surface area contributed by atoms with Gasteiger partial charge in [-0.2, -0.15) is 0 Å². The number of hydrogen-bond acceptors (Lipinski definition) is 5. The number of nitrogens with zero attached hydrogens (tertiary/aromatic N) is 1. The van der Waals surface area contributed by atoms with E-state index < -0.39 is 0 Å². The Morgan fingerprint density at radius 1 is 1.35 bits per heavy atom. The summed E-state index contributed by atoms with van der Waals surface area (Å²) >= 11 is 0. The molecule has 1 aliphatic heterocycles. The van der Waals surface area contributed by atoms with Crippen LogP contribution in [0.2, 0.25) is 0 Å². The molecule has 0 fully saturated rings. The highest BCUT2D eigenvalue weighted by Crippen LogP contribution is 2.21. The van der Waals surface area contributed by atoms with Gasteiger partial charge in [0.15, 0.2) is 0 Å². The van der Waals surface area contributed by atoms with Crippen molar-refractivity contribution in [3.63, 3.8) is 0 Å². The van der Waals surface area contributed by atoms with Crippen LogP contribution < -0.4 is 15.4 Å². The average molecular weight is 378 g/mol. The van der Waals surface area contributed by atoms with Gasteiger partial charge in [0.1, 0.15) is 18.1 Å². The number of ether oxygens (including phenoxy) is 1. The quantitative estimate of drug-likeness (QED) is 0.757. The zero-order valence-corrected chi connectivity index (χ0v) is 15.8. The van der Waals surface area contributed by atoms with E-state index in [0.717, 1.165) is 36.5 Å². The van der Waals surface area contributed by atoms with Crippen molar-refractivity contribution >= 4 is 18.3 Å². The van der Waals surface area contributed by atoms with Crippen LogP contribution in [0, 0.1) is 13.8 Å². The first kappa shape index (κ1) is 20.0. The third-order valence-electron chi connectivity index (χ3n) is 4.32. The molecule has 0 saturated carbocycles. The van der Waals surface area contributed by atoms with Crippen LogP contribution in [0.25, 0.3) is 0 Å². The standard InChI is InChI=1S/C19H23N3O3.ClH/c1-13-17(14(2)25-22-13)12-24-18-6-4-3-5-16(18)19(23)21-11-15-7-9-20-10-8-15;/h3-7,20H,8-12H2,1-2H3,(H,21,23);1H. The van der Waals surface area contributed by atoms with Gasteiger partial charge < -0.3 is 19.9 Å². The Bertz CT molecular complexity index is 767. The number of para-hydroxylation sites is 1. The maximum atomic E-state index is 12.5. The van der Waals surface area contributed by atoms with E-state index in [4.69, 9.17) is 9.26 Å². The predicted molar refractivity (Wildman–Crippen MR) is 102 cm³/mol. The molecule has 0 saturated heterocycles. The lowest BCUT2D eigenvalue weighted by atomic mass is 10.1. The van der Waals surface area contributed by atoms with Crippen LogP contribution in [-0.2, 0) is 6.61 Å². The summed E-state index contributed by atoms with van der Waals surface area (Å²) in [4.78, 5) is 12.5. The molecular weight excluding hydrogens is 354 g/mol. The van der Waals surface area contributed by atoms with E-state index in [1.165, 1.54) is 5.57 Å². The fraction of sp³-hybridized carbons (Fsp3) is 0.368. The molecule has 1 aromatic heterocycles. The summed E-state index contributed by atoms with van der Waals surface area (Å²) in [5.74, 6) is 1.16. The van der Waals surface area contributed by atoms with Gasteiger partial charge in [-0.05, 0) is 38.9 Å². The van der Waals surface area contributed by atoms with Gasteiger partial charge in [0.25, 0.3) is 5.91 Å². The smallest absolute Gasteiger partial charge is 0.255 e. The van der Waals surface area contributed by atoms with Crippen molar-refractivity contribution in [1.82, 2.24) is 15.8 Å². The lowest BCUT2D eigenvalue weighted by Gasteiger charge is -2.15. The molecule has 140 valence electrons. The zero-order chi connectivity index (χ0) is 17.6. The molecule has 0 unspecified atom stereocenters. The molecule has 1 aliphatic rings. The number of rotatable bonds is 6. The second-order valence-electron chi connectivity index (χ2n) is 6.09. The summed E-state index contributed by atoms with van der Waals surface area (Å²) < 4.78 is 11.0. The molecule has 26 heavy (non-hydrogen) atoms. The van der Waals surface area contributed by atoms with Crippen molar-refractivity contribution in [2.24, 2.45) is 0 Å². The van der Waals surface area contributed by atoms with E-state index in [-0.39, 0.29) is 18.3 Å². The summed E-state index contributed by atoms with van der Waals surface area (Å²) in [6.45, 7) is 6.44. The average Bonchev–Trinajstić information content (AvgIpc) is 2.97. The minimum atomic E-state index is -0.131. The van der Waals surface area contributed by atoms with Gasteiger partial charge in [-0.25, -0.2) is 0 Å². The number of aryl methyl sites for hydroxylation is 2. The monoisotopic (exact) mass is 377 g/mol. The maximum Gasteiger partial charge on any atom is 0.255 e. The molecule has 0 atom stereocenters. The summed E-state index contributed by atoms with van der Waals surface area (Å²) in [6, 6.07) is 7.27. The number of hydrogen-bond donors (Lipinski definition) is 2. The van der Waals surface area contributed by atoms with Crippen molar-refractivity contribution in [1.29, 1.82) is 0 Å². The molecule has 2 aromatic rings. The van der Waals surface area contributed by atoms with Crippen LogP contribution >= 0.6 is 12.4 Å². The molecular formula is C19H24ClN3O3. The molecule has 7 heteroatoms. The van der Waals surface area contributed by atoms with Gasteiger partial charge in [0.2, 0.25) is 0 Å². The van der Waals surface area contributed by atoms with Gasteiger partial charge in [-0.1, -0.05) is 28.9 Å². The van der Waals surface area contributed by atoms with Crippen molar-refractivity contribution in [3.8, 4) is 5.75 Å². The topological polar surface area (TPSA) is 76.4 Å². The van der Waals surface area contributed by atoms with Crippen LogP contribution in [0.3, 0.4) is 0 Å². The molecule has 2 heterocycles. The Labute approximate surface area is 159 Å². The second kappa shape index (κ2) is 9.40. The van der Waals surface area contributed by atoms with Gasteiger partial charge in [0, 0.05) is 13.1 Å². The minimum absolute atomic E-state index is 0. The van der Waals surface area contributed by atoms with Crippen molar-refractivity contribution < 1.29 is 14.1 Å². The third kappa shape index (κ3) is 4.86. The number of carbonyl (C=O) groups is 1. The SMILES string of the molecule is Cc1noc(C)c1COc1ccccc1C(=O)NCC1=CCNCC1.Cl. The summed E-state index contributed by atoms with van der Waals surface area (Å²) in [5, 5.41) is 10.2. The number of halogens is 1. The highest BCUT2D eigenvalue weighted by molar-refractivity contribution is 5.97. The molecule has 0 spiro atoms. The van der Waals surface area contributed by atoms with E-state index in [9.17, 15) is 4.79 Å². The summed E-state index contributed by atoms with van der Waals surface area (Å²) in [5.41, 5.74) is 3.50. The minimum Gasteiger partial charge on any atom is -0.488 e. The van der Waals surface area contributed by atoms with Crippen LogP contribution in [0.15, 0.2) is 40.4 Å². The highest BCUT2D eigenvalue weighted by Gasteiger charge is 2.15. The molecule has 0 bridgehead atoms. The second-order valence-corrected chi connectivity index (χ2v) is 6.09. The fourth-order valence-electron chi connectivity index (χ4n) is 2.76. The molecule has 1 aromatic carbocycles. The van der Waals surface area contributed by atoms with E-state index in [2.05, 4.69) is 21.9 Å². The maximum absolute atomic E-state index is 12.5. The van der Waals surface area contributed by atoms with Crippen LogP contribution in [0.1, 0.15) is 33.8 Å². The van der Waals surface area contributed by atoms with E-state index >= 15 is 0 Å². The molecule has 0 radical (unpaired) electrons. The van der Waals surface area contributed by atoms with Crippen LogP contribution in [-0.4, -0.2) is 30.7 Å². The van der Waals surface area contributed by atoms with Crippen molar-refractivity contribution in [3.05, 3.63) is 58.5 Å². The molecule has 2 N–H and O–H groups in total. The first-order chi connectivity index (χ1) is 12.1. The Kier molecular flexibility index (Phi) is 7.24. The summed E-state index contributed by atoms with van der Waals surface area (Å²) in [7, 11) is 0. The Morgan fingerprint density at radius 3 is 2.85 bits per heavy atom. The van der Waals surface area contributed by atoms with Gasteiger partial charge in [-0.15, -0.1) is 12.4 Å². The number of amides is 1. The van der Waals surface area contributed by atoms with Crippen molar-refractivity contribution in [2.75, 3.05) is 19.6 Å². The van der Waals surface area contributed by atoms with Crippen LogP contribution in [0.4, 0.5) is 0 Å². The summed E-state index contributed by atoms with van der Waals surface area (Å²) in [6.07, 6.45) is 3.09. The van der Waals surface area contributed by atoms with E-state index in [1.807, 2.05) is 26.0 Å². The normalized spacial score (nSPS) is 13.5. The predicted octanol–water partition coefficient (Wildman–Crippen LogP) is 2.94. The number of carbonyl (C=O) groups excluding carboxylic acids is 1. The van der Waals surface area contributed by atoms with Crippen molar-refractivity contribution in [2.45, 2.75) is 26.9 Å². The molecule has 6 nitrogen and oxygen atoms in total. The lowest BCUT2D eigenvalue weighted by Crippen LogP contribution is -2.29. The van der Waals surface area contributed by atoms with E-state index in [0.29, 0.717) is 24.5 Å². The molecule has 3 rings (SSSR count).